The average molecular weight is 260 g/mol. The molecule has 1 N–H and O–H groups in total. The van der Waals surface area contributed by atoms with Crippen LogP contribution >= 0.6 is 0 Å². The molecule has 5 nitrogen and oxygen atoms in total. The summed E-state index contributed by atoms with van der Waals surface area (Å²) in [6.07, 6.45) is 7.21. The molecule has 1 saturated heterocycles. The number of hydrogen-bond acceptors (Lipinski definition) is 4. The van der Waals surface area contributed by atoms with E-state index in [0.717, 1.165) is 24.8 Å². The third-order valence-corrected chi connectivity index (χ3v) is 3.39. The van der Waals surface area contributed by atoms with Gasteiger partial charge in [0, 0.05) is 19.6 Å². The molecule has 0 unspecified atom stereocenters. The number of piperidine rings is 1. The van der Waals surface area contributed by atoms with E-state index in [2.05, 4.69) is 33.7 Å². The van der Waals surface area contributed by atoms with Gasteiger partial charge in [0.2, 0.25) is 0 Å². The maximum atomic E-state index is 11.7. The fourth-order valence-electron chi connectivity index (χ4n) is 2.09. The van der Waals surface area contributed by atoms with Gasteiger partial charge in [-0.05, 0) is 18.8 Å². The molecule has 2 rings (SSSR count). The minimum Gasteiger partial charge on any atom is -0.355 e. The van der Waals surface area contributed by atoms with Crippen molar-refractivity contribution in [2.45, 2.75) is 19.8 Å². The van der Waals surface area contributed by atoms with Gasteiger partial charge >= 0.3 is 0 Å². The lowest BCUT2D eigenvalue weighted by atomic mass is 9.99. The lowest BCUT2D eigenvalue weighted by molar-refractivity contribution is 0.0952. The largest absolute Gasteiger partial charge is 0.355 e. The van der Waals surface area contributed by atoms with Crippen LogP contribution in [0.25, 0.3) is 0 Å². The van der Waals surface area contributed by atoms with E-state index in [1.807, 2.05) is 0 Å². The van der Waals surface area contributed by atoms with Crippen molar-refractivity contribution in [3.8, 4) is 0 Å². The molecule has 0 radical (unpaired) electrons. The zero-order chi connectivity index (χ0) is 13.7. The van der Waals surface area contributed by atoms with Gasteiger partial charge in [-0.15, -0.1) is 6.58 Å². The van der Waals surface area contributed by atoms with Crippen molar-refractivity contribution >= 4 is 11.7 Å². The van der Waals surface area contributed by atoms with Gasteiger partial charge in [0.15, 0.2) is 0 Å². The van der Waals surface area contributed by atoms with Crippen molar-refractivity contribution in [2.75, 3.05) is 24.5 Å². The highest BCUT2D eigenvalue weighted by Gasteiger charge is 2.17. The number of hydrogen-bond donors (Lipinski definition) is 1. The molecule has 1 aliphatic rings. The van der Waals surface area contributed by atoms with Crippen molar-refractivity contribution < 1.29 is 4.79 Å². The quantitative estimate of drug-likeness (QED) is 0.836. The fraction of sp³-hybridized carbons (Fsp3) is 0.500. The van der Waals surface area contributed by atoms with Crippen molar-refractivity contribution in [1.29, 1.82) is 0 Å². The van der Waals surface area contributed by atoms with E-state index in [4.69, 9.17) is 0 Å². The van der Waals surface area contributed by atoms with Gasteiger partial charge in [0.1, 0.15) is 11.5 Å². The Morgan fingerprint density at radius 1 is 1.47 bits per heavy atom. The van der Waals surface area contributed by atoms with Gasteiger partial charge in [-0.2, -0.15) is 0 Å². The number of rotatable bonds is 4. The molecule has 0 saturated carbocycles. The number of carbonyl (C=O) groups is 1. The van der Waals surface area contributed by atoms with E-state index in [9.17, 15) is 4.79 Å². The normalized spacial score (nSPS) is 16.2. The van der Waals surface area contributed by atoms with Gasteiger partial charge in [-0.25, -0.2) is 9.97 Å². The number of nitrogens with zero attached hydrogens (tertiary/aromatic N) is 3. The molecule has 0 aromatic carbocycles. The topological polar surface area (TPSA) is 58.1 Å². The molecule has 0 aliphatic carbocycles. The summed E-state index contributed by atoms with van der Waals surface area (Å²) in [5.74, 6) is 1.42. The molecule has 0 atom stereocenters. The zero-order valence-corrected chi connectivity index (χ0v) is 11.3. The predicted octanol–water partition coefficient (Wildman–Crippen LogP) is 1.63. The molecule has 102 valence electrons. The monoisotopic (exact) mass is 260 g/mol. The second-order valence-electron chi connectivity index (χ2n) is 4.93. The number of amides is 1. The van der Waals surface area contributed by atoms with Crippen LogP contribution in [-0.4, -0.2) is 35.5 Å². The summed E-state index contributed by atoms with van der Waals surface area (Å²) in [5, 5.41) is 2.68. The van der Waals surface area contributed by atoms with Gasteiger partial charge in [-0.1, -0.05) is 13.0 Å². The predicted molar refractivity (Wildman–Crippen MR) is 75.2 cm³/mol. The first-order valence-corrected chi connectivity index (χ1v) is 6.67. The van der Waals surface area contributed by atoms with Crippen molar-refractivity contribution in [2.24, 2.45) is 5.92 Å². The van der Waals surface area contributed by atoms with Gasteiger partial charge < -0.3 is 10.2 Å². The minimum absolute atomic E-state index is 0.216. The first-order chi connectivity index (χ1) is 9.20. The molecule has 0 bridgehead atoms. The molecule has 1 fully saturated rings. The van der Waals surface area contributed by atoms with Crippen LogP contribution in [0, 0.1) is 5.92 Å². The molecule has 1 amide bonds. The Kier molecular flexibility index (Phi) is 4.49. The number of anilines is 1. The third kappa shape index (κ3) is 3.53. The molecule has 1 aromatic rings. The first kappa shape index (κ1) is 13.5. The van der Waals surface area contributed by atoms with Crippen LogP contribution < -0.4 is 10.2 Å². The summed E-state index contributed by atoms with van der Waals surface area (Å²) in [6.45, 7) is 8.28. The Balaban J connectivity index is 1.98. The van der Waals surface area contributed by atoms with Crippen LogP contribution in [0.3, 0.4) is 0 Å². The Morgan fingerprint density at radius 2 is 2.21 bits per heavy atom. The molecule has 19 heavy (non-hydrogen) atoms. The molecule has 5 heteroatoms. The van der Waals surface area contributed by atoms with Gasteiger partial charge in [0.05, 0.1) is 12.4 Å². The van der Waals surface area contributed by atoms with Crippen LogP contribution in [0.15, 0.2) is 25.0 Å². The Morgan fingerprint density at radius 3 is 2.79 bits per heavy atom. The third-order valence-electron chi connectivity index (χ3n) is 3.39. The van der Waals surface area contributed by atoms with Crippen LogP contribution in [0.4, 0.5) is 5.82 Å². The van der Waals surface area contributed by atoms with Crippen LogP contribution in [0.1, 0.15) is 30.3 Å². The summed E-state index contributed by atoms with van der Waals surface area (Å²) in [5.41, 5.74) is 0.343. The number of nitrogens with one attached hydrogen (secondary N) is 1. The second-order valence-corrected chi connectivity index (χ2v) is 4.93. The molecular weight excluding hydrogens is 240 g/mol. The van der Waals surface area contributed by atoms with Crippen LogP contribution in [0.5, 0.6) is 0 Å². The number of carbonyl (C=O) groups excluding carboxylic acids is 1. The zero-order valence-electron chi connectivity index (χ0n) is 11.3. The van der Waals surface area contributed by atoms with Gasteiger partial charge in [0.25, 0.3) is 5.91 Å². The van der Waals surface area contributed by atoms with Crippen molar-refractivity contribution in [3.05, 3.63) is 30.7 Å². The minimum atomic E-state index is -0.216. The Hall–Kier alpha value is -1.91. The highest BCUT2D eigenvalue weighted by molar-refractivity contribution is 5.92. The van der Waals surface area contributed by atoms with E-state index in [0.29, 0.717) is 12.2 Å². The summed E-state index contributed by atoms with van der Waals surface area (Å²) in [7, 11) is 0. The summed E-state index contributed by atoms with van der Waals surface area (Å²) in [4.78, 5) is 22.4. The Bertz CT molecular complexity index is 435. The lowest BCUT2D eigenvalue weighted by Crippen LogP contribution is -2.33. The maximum Gasteiger partial charge on any atom is 0.271 e. The van der Waals surface area contributed by atoms with E-state index in [1.165, 1.54) is 19.0 Å². The second kappa shape index (κ2) is 6.31. The average Bonchev–Trinajstić information content (AvgIpc) is 2.46. The molecular formula is C14H20N4O. The highest BCUT2D eigenvalue weighted by Crippen LogP contribution is 2.20. The van der Waals surface area contributed by atoms with Crippen molar-refractivity contribution in [1.82, 2.24) is 15.3 Å². The summed E-state index contributed by atoms with van der Waals surface area (Å²) < 4.78 is 0. The SMILES string of the molecule is C=CCNC(=O)c1cnc(N2CCC(C)CC2)cn1. The molecule has 1 aromatic heterocycles. The van der Waals surface area contributed by atoms with E-state index in [1.54, 1.807) is 12.3 Å². The van der Waals surface area contributed by atoms with Crippen LogP contribution in [-0.2, 0) is 0 Å². The van der Waals surface area contributed by atoms with Crippen molar-refractivity contribution in [3.63, 3.8) is 0 Å². The first-order valence-electron chi connectivity index (χ1n) is 6.67. The fourth-order valence-corrected chi connectivity index (χ4v) is 2.09. The summed E-state index contributed by atoms with van der Waals surface area (Å²) >= 11 is 0. The van der Waals surface area contributed by atoms with E-state index < -0.39 is 0 Å². The maximum absolute atomic E-state index is 11.7. The standard InChI is InChI=1S/C14H20N4O/c1-3-6-15-14(19)12-9-17-13(10-16-12)18-7-4-11(2)5-8-18/h3,9-11H,1,4-8H2,2H3,(H,15,19). The van der Waals surface area contributed by atoms with Crippen LogP contribution in [0.2, 0.25) is 0 Å². The highest BCUT2D eigenvalue weighted by atomic mass is 16.1. The molecule has 0 spiro atoms. The van der Waals surface area contributed by atoms with E-state index >= 15 is 0 Å². The number of aromatic nitrogens is 2. The van der Waals surface area contributed by atoms with E-state index in [-0.39, 0.29) is 5.91 Å². The lowest BCUT2D eigenvalue weighted by Gasteiger charge is -2.30. The summed E-state index contributed by atoms with van der Waals surface area (Å²) in [6, 6.07) is 0. The smallest absolute Gasteiger partial charge is 0.271 e. The Labute approximate surface area is 113 Å². The van der Waals surface area contributed by atoms with Gasteiger partial charge in [-0.3, -0.25) is 4.79 Å². The molecule has 2 heterocycles. The molecule has 1 aliphatic heterocycles.